The Morgan fingerprint density at radius 2 is 1.64 bits per heavy atom. The van der Waals surface area contributed by atoms with Crippen LogP contribution in [0.3, 0.4) is 0 Å². The van der Waals surface area contributed by atoms with Gasteiger partial charge >= 0.3 is 0 Å². The summed E-state index contributed by atoms with van der Waals surface area (Å²) in [6.45, 7) is 4.33. The van der Waals surface area contributed by atoms with Crippen LogP contribution in [0.25, 0.3) is 27.6 Å². The van der Waals surface area contributed by atoms with E-state index < -0.39 is 0 Å². The van der Waals surface area contributed by atoms with Gasteiger partial charge in [-0.15, -0.1) is 10.2 Å². The van der Waals surface area contributed by atoms with Gasteiger partial charge in [0, 0.05) is 22.2 Å². The van der Waals surface area contributed by atoms with Gasteiger partial charge in [0.15, 0.2) is 10.9 Å². The molecule has 6 rings (SSSR count). The van der Waals surface area contributed by atoms with Crippen molar-refractivity contribution in [2.24, 2.45) is 0 Å². The molecule has 8 heteroatoms. The SMILES string of the molecule is Cc1ccc(Cn2c(=O)c3ccccc3n3c(SCC(=O)c4c(C)[nH]c5ccccc45)nnc23)cc1. The van der Waals surface area contributed by atoms with E-state index in [1.807, 2.05) is 91.0 Å². The van der Waals surface area contributed by atoms with Crippen molar-refractivity contribution in [2.45, 2.75) is 25.5 Å². The molecule has 3 aromatic heterocycles. The van der Waals surface area contributed by atoms with Gasteiger partial charge in [-0.1, -0.05) is 71.9 Å². The lowest BCUT2D eigenvalue weighted by Gasteiger charge is -2.11. The fourth-order valence-corrected chi connectivity index (χ4v) is 5.50. The Kier molecular flexibility index (Phi) is 5.45. The monoisotopic (exact) mass is 493 g/mol. The van der Waals surface area contributed by atoms with Crippen LogP contribution in [0.15, 0.2) is 82.7 Å². The summed E-state index contributed by atoms with van der Waals surface area (Å²) in [5, 5.41) is 10.9. The number of hydrogen-bond donors (Lipinski definition) is 1. The van der Waals surface area contributed by atoms with E-state index >= 15 is 0 Å². The first-order valence-electron chi connectivity index (χ1n) is 11.7. The summed E-state index contributed by atoms with van der Waals surface area (Å²) < 4.78 is 3.53. The van der Waals surface area contributed by atoms with E-state index in [1.165, 1.54) is 11.8 Å². The molecule has 178 valence electrons. The van der Waals surface area contributed by atoms with E-state index in [2.05, 4.69) is 15.2 Å². The Bertz CT molecular complexity index is 1830. The third-order valence-corrected chi connectivity index (χ3v) is 7.37. The van der Waals surface area contributed by atoms with Crippen molar-refractivity contribution >= 4 is 45.1 Å². The summed E-state index contributed by atoms with van der Waals surface area (Å²) in [6, 6.07) is 23.4. The van der Waals surface area contributed by atoms with Gasteiger partial charge in [-0.2, -0.15) is 0 Å². The van der Waals surface area contributed by atoms with Gasteiger partial charge in [0.2, 0.25) is 5.78 Å². The number of para-hydroxylation sites is 2. The Labute approximate surface area is 210 Å². The molecule has 0 fully saturated rings. The van der Waals surface area contributed by atoms with Gasteiger partial charge in [0.25, 0.3) is 5.56 Å². The number of fused-ring (bicyclic) bond motifs is 4. The first-order chi connectivity index (χ1) is 17.5. The molecule has 0 saturated heterocycles. The Balaban J connectivity index is 1.41. The second-order valence-electron chi connectivity index (χ2n) is 8.89. The summed E-state index contributed by atoms with van der Waals surface area (Å²) >= 11 is 1.33. The number of aryl methyl sites for hydroxylation is 2. The van der Waals surface area contributed by atoms with E-state index in [0.29, 0.717) is 28.4 Å². The second kappa shape index (κ2) is 8.80. The van der Waals surface area contributed by atoms with Crippen LogP contribution in [-0.2, 0) is 6.54 Å². The van der Waals surface area contributed by atoms with E-state index in [0.717, 1.165) is 33.2 Å². The molecule has 0 aliphatic heterocycles. The minimum atomic E-state index is -0.117. The fourth-order valence-electron chi connectivity index (χ4n) is 4.68. The molecule has 0 bridgehead atoms. The maximum absolute atomic E-state index is 13.4. The zero-order chi connectivity index (χ0) is 24.8. The van der Waals surface area contributed by atoms with Crippen LogP contribution in [-0.4, -0.2) is 35.7 Å². The average molecular weight is 494 g/mol. The maximum atomic E-state index is 13.4. The maximum Gasteiger partial charge on any atom is 0.263 e. The standard InChI is InChI=1S/C28H23N5O2S/c1-17-11-13-19(14-12-17)15-32-26(35)21-8-4-6-10-23(21)33-27(32)30-31-28(33)36-16-24(34)25-18(2)29-22-9-5-3-7-20(22)25/h3-14,29H,15-16H2,1-2H3. The van der Waals surface area contributed by atoms with Crippen molar-refractivity contribution in [3.05, 3.63) is 106 Å². The number of H-pyrrole nitrogens is 1. The number of Topliss-reactive ketones (excluding diaryl/α,β-unsaturated/α-hetero) is 1. The van der Waals surface area contributed by atoms with Gasteiger partial charge in [-0.25, -0.2) is 0 Å². The van der Waals surface area contributed by atoms with Crippen LogP contribution in [0, 0.1) is 13.8 Å². The molecular weight excluding hydrogens is 470 g/mol. The minimum absolute atomic E-state index is 0.0176. The van der Waals surface area contributed by atoms with Crippen molar-refractivity contribution in [2.75, 3.05) is 5.75 Å². The average Bonchev–Trinajstić information content (AvgIpc) is 3.46. The van der Waals surface area contributed by atoms with Gasteiger partial charge in [0.05, 0.1) is 23.2 Å². The number of carbonyl (C=O) groups is 1. The highest BCUT2D eigenvalue weighted by molar-refractivity contribution is 7.99. The molecule has 0 aliphatic rings. The van der Waals surface area contributed by atoms with E-state index in [9.17, 15) is 9.59 Å². The van der Waals surface area contributed by atoms with Gasteiger partial charge in [-0.3, -0.25) is 18.6 Å². The second-order valence-corrected chi connectivity index (χ2v) is 9.84. The topological polar surface area (TPSA) is 85.0 Å². The van der Waals surface area contributed by atoms with Crippen molar-refractivity contribution in [1.29, 1.82) is 0 Å². The Morgan fingerprint density at radius 3 is 2.44 bits per heavy atom. The number of aromatic amines is 1. The third kappa shape index (κ3) is 3.70. The Morgan fingerprint density at radius 1 is 0.917 bits per heavy atom. The van der Waals surface area contributed by atoms with Gasteiger partial charge in [-0.05, 0) is 37.6 Å². The van der Waals surface area contributed by atoms with Crippen LogP contribution in [0.1, 0.15) is 27.2 Å². The van der Waals surface area contributed by atoms with Crippen molar-refractivity contribution in [1.82, 2.24) is 24.1 Å². The van der Waals surface area contributed by atoms with Crippen LogP contribution in [0.4, 0.5) is 0 Å². The number of ketones is 1. The molecule has 6 aromatic rings. The first kappa shape index (κ1) is 22.3. The fraction of sp³-hybridized carbons (Fsp3) is 0.143. The van der Waals surface area contributed by atoms with Crippen molar-refractivity contribution in [3.63, 3.8) is 0 Å². The van der Waals surface area contributed by atoms with E-state index in [1.54, 1.807) is 4.57 Å². The number of aromatic nitrogens is 5. The lowest BCUT2D eigenvalue weighted by molar-refractivity contribution is 0.102. The summed E-state index contributed by atoms with van der Waals surface area (Å²) in [5.74, 6) is 0.677. The molecule has 0 aliphatic carbocycles. The van der Waals surface area contributed by atoms with Crippen LogP contribution < -0.4 is 5.56 Å². The molecule has 0 radical (unpaired) electrons. The summed E-state index contributed by atoms with van der Waals surface area (Å²) in [7, 11) is 0. The number of thioether (sulfide) groups is 1. The molecule has 36 heavy (non-hydrogen) atoms. The normalized spacial score (nSPS) is 11.6. The smallest absolute Gasteiger partial charge is 0.263 e. The van der Waals surface area contributed by atoms with Crippen LogP contribution in [0.2, 0.25) is 0 Å². The van der Waals surface area contributed by atoms with Crippen molar-refractivity contribution in [3.8, 4) is 0 Å². The van der Waals surface area contributed by atoms with E-state index in [-0.39, 0.29) is 17.1 Å². The minimum Gasteiger partial charge on any atom is -0.358 e. The zero-order valence-corrected chi connectivity index (χ0v) is 20.7. The van der Waals surface area contributed by atoms with Gasteiger partial charge < -0.3 is 4.98 Å². The predicted octanol–water partition coefficient (Wildman–Crippen LogP) is 5.17. The highest BCUT2D eigenvalue weighted by Gasteiger charge is 2.20. The Hall–Kier alpha value is -4.17. The van der Waals surface area contributed by atoms with Crippen molar-refractivity contribution < 1.29 is 4.79 Å². The molecule has 3 heterocycles. The molecule has 0 amide bonds. The number of nitrogens with zero attached hydrogens (tertiary/aromatic N) is 4. The highest BCUT2D eigenvalue weighted by atomic mass is 32.2. The molecule has 0 spiro atoms. The summed E-state index contributed by atoms with van der Waals surface area (Å²) in [5.41, 5.74) is 5.27. The first-order valence-corrected chi connectivity index (χ1v) is 12.7. The molecule has 0 atom stereocenters. The summed E-state index contributed by atoms with van der Waals surface area (Å²) in [4.78, 5) is 30.0. The molecule has 0 unspecified atom stereocenters. The van der Waals surface area contributed by atoms with E-state index in [4.69, 9.17) is 0 Å². The van der Waals surface area contributed by atoms with Crippen LogP contribution in [0.5, 0.6) is 0 Å². The molecule has 7 nitrogen and oxygen atoms in total. The lowest BCUT2D eigenvalue weighted by atomic mass is 10.1. The molecular formula is C28H23N5O2S. The molecule has 3 aromatic carbocycles. The highest BCUT2D eigenvalue weighted by Crippen LogP contribution is 2.26. The number of benzene rings is 3. The third-order valence-electron chi connectivity index (χ3n) is 6.44. The quantitative estimate of drug-likeness (QED) is 0.256. The number of nitrogens with one attached hydrogen (secondary N) is 1. The van der Waals surface area contributed by atoms with Crippen LogP contribution >= 0.6 is 11.8 Å². The lowest BCUT2D eigenvalue weighted by Crippen LogP contribution is -2.24. The number of rotatable bonds is 6. The zero-order valence-electron chi connectivity index (χ0n) is 19.9. The number of carbonyl (C=O) groups excluding carboxylic acids is 1. The molecule has 1 N–H and O–H groups in total. The predicted molar refractivity (Wildman–Crippen MR) is 143 cm³/mol. The number of hydrogen-bond acceptors (Lipinski definition) is 5. The molecule has 0 saturated carbocycles. The summed E-state index contributed by atoms with van der Waals surface area (Å²) in [6.07, 6.45) is 0. The largest absolute Gasteiger partial charge is 0.358 e. The van der Waals surface area contributed by atoms with Gasteiger partial charge in [0.1, 0.15) is 0 Å².